The summed E-state index contributed by atoms with van der Waals surface area (Å²) in [7, 11) is 1.42. The van der Waals surface area contributed by atoms with Crippen LogP contribution in [0.4, 0.5) is 4.39 Å². The molecule has 0 amide bonds. The van der Waals surface area contributed by atoms with Crippen molar-refractivity contribution in [3.05, 3.63) is 29.6 Å². The maximum absolute atomic E-state index is 13.9. The molecule has 0 aromatic heterocycles. The highest BCUT2D eigenvalue weighted by atomic mass is 19.1. The fourth-order valence-electron chi connectivity index (χ4n) is 1.99. The lowest BCUT2D eigenvalue weighted by molar-refractivity contribution is 0.0309. The van der Waals surface area contributed by atoms with Crippen LogP contribution in [0.25, 0.3) is 0 Å². The number of methoxy groups -OCH3 is 1. The second kappa shape index (κ2) is 4.83. The topological polar surface area (TPSA) is 29.5 Å². The van der Waals surface area contributed by atoms with Crippen LogP contribution in [0.3, 0.4) is 0 Å². The SMILES string of the molecule is COc1cccc(C(C)(O)CC(C)C)c1F. The molecule has 1 N–H and O–H groups in total. The number of rotatable bonds is 4. The summed E-state index contributed by atoms with van der Waals surface area (Å²) in [6.45, 7) is 5.62. The normalized spacial score (nSPS) is 14.9. The van der Waals surface area contributed by atoms with Gasteiger partial charge in [0.25, 0.3) is 0 Å². The van der Waals surface area contributed by atoms with E-state index in [1.165, 1.54) is 7.11 Å². The second-order valence-electron chi connectivity index (χ2n) is 4.69. The number of benzene rings is 1. The summed E-state index contributed by atoms with van der Waals surface area (Å²) >= 11 is 0. The van der Waals surface area contributed by atoms with Gasteiger partial charge in [-0.1, -0.05) is 26.0 Å². The Bertz CT molecular complexity index is 359. The molecule has 0 saturated carbocycles. The second-order valence-corrected chi connectivity index (χ2v) is 4.69. The van der Waals surface area contributed by atoms with Crippen molar-refractivity contribution in [2.24, 2.45) is 5.92 Å². The van der Waals surface area contributed by atoms with Crippen molar-refractivity contribution < 1.29 is 14.2 Å². The number of aliphatic hydroxyl groups is 1. The molecule has 1 rings (SSSR count). The Kier molecular flexibility index (Phi) is 3.92. The van der Waals surface area contributed by atoms with E-state index >= 15 is 0 Å². The predicted molar refractivity (Wildman–Crippen MR) is 62.0 cm³/mol. The molecule has 1 aromatic rings. The number of halogens is 1. The van der Waals surface area contributed by atoms with Crippen molar-refractivity contribution >= 4 is 0 Å². The van der Waals surface area contributed by atoms with E-state index in [0.717, 1.165) is 0 Å². The van der Waals surface area contributed by atoms with Gasteiger partial charge in [0.15, 0.2) is 11.6 Å². The first-order valence-electron chi connectivity index (χ1n) is 5.44. The Morgan fingerprint density at radius 2 is 2.06 bits per heavy atom. The van der Waals surface area contributed by atoms with E-state index in [2.05, 4.69) is 0 Å². The minimum atomic E-state index is -1.16. The molecule has 3 heteroatoms. The van der Waals surface area contributed by atoms with Crippen LogP contribution in [0.5, 0.6) is 5.75 Å². The van der Waals surface area contributed by atoms with Gasteiger partial charge in [-0.2, -0.15) is 0 Å². The number of hydrogen-bond donors (Lipinski definition) is 1. The Balaban J connectivity index is 3.12. The zero-order valence-electron chi connectivity index (χ0n) is 10.2. The van der Waals surface area contributed by atoms with E-state index in [-0.39, 0.29) is 5.75 Å². The van der Waals surface area contributed by atoms with Gasteiger partial charge < -0.3 is 9.84 Å². The summed E-state index contributed by atoms with van der Waals surface area (Å²) < 4.78 is 18.8. The first-order valence-corrected chi connectivity index (χ1v) is 5.44. The molecule has 0 heterocycles. The van der Waals surface area contributed by atoms with E-state index in [9.17, 15) is 9.50 Å². The van der Waals surface area contributed by atoms with E-state index in [1.54, 1.807) is 25.1 Å². The lowest BCUT2D eigenvalue weighted by Crippen LogP contribution is -2.25. The molecule has 90 valence electrons. The van der Waals surface area contributed by atoms with Crippen LogP contribution >= 0.6 is 0 Å². The van der Waals surface area contributed by atoms with Crippen LogP contribution in [-0.4, -0.2) is 12.2 Å². The van der Waals surface area contributed by atoms with Crippen molar-refractivity contribution in [3.8, 4) is 5.75 Å². The van der Waals surface area contributed by atoms with Gasteiger partial charge in [0.05, 0.1) is 12.7 Å². The molecule has 0 aliphatic carbocycles. The molecular weight excluding hydrogens is 207 g/mol. The Morgan fingerprint density at radius 3 is 2.56 bits per heavy atom. The van der Waals surface area contributed by atoms with E-state index < -0.39 is 11.4 Å². The van der Waals surface area contributed by atoms with Crippen molar-refractivity contribution in [2.75, 3.05) is 7.11 Å². The van der Waals surface area contributed by atoms with E-state index in [0.29, 0.717) is 17.9 Å². The maximum Gasteiger partial charge on any atom is 0.171 e. The van der Waals surface area contributed by atoms with Crippen molar-refractivity contribution in [2.45, 2.75) is 32.8 Å². The van der Waals surface area contributed by atoms with E-state index in [1.807, 2.05) is 13.8 Å². The summed E-state index contributed by atoms with van der Waals surface area (Å²) in [5.74, 6) is -0.0159. The molecule has 0 aliphatic heterocycles. The first kappa shape index (κ1) is 13.0. The van der Waals surface area contributed by atoms with Gasteiger partial charge in [0, 0.05) is 5.56 Å². The first-order chi connectivity index (χ1) is 7.38. The molecule has 1 aromatic carbocycles. The average molecular weight is 226 g/mol. The summed E-state index contributed by atoms with van der Waals surface area (Å²) in [4.78, 5) is 0. The highest BCUT2D eigenvalue weighted by Crippen LogP contribution is 2.33. The summed E-state index contributed by atoms with van der Waals surface area (Å²) in [6, 6.07) is 4.83. The minimum absolute atomic E-state index is 0.168. The fraction of sp³-hybridized carbons (Fsp3) is 0.538. The largest absolute Gasteiger partial charge is 0.494 e. The molecule has 16 heavy (non-hydrogen) atoms. The Labute approximate surface area is 96.1 Å². The molecule has 1 unspecified atom stereocenters. The smallest absolute Gasteiger partial charge is 0.171 e. The van der Waals surface area contributed by atoms with Crippen LogP contribution in [0, 0.1) is 11.7 Å². The molecular formula is C13H19FO2. The molecule has 2 nitrogen and oxygen atoms in total. The lowest BCUT2D eigenvalue weighted by atomic mass is 9.87. The van der Waals surface area contributed by atoms with Gasteiger partial charge in [-0.05, 0) is 25.3 Å². The minimum Gasteiger partial charge on any atom is -0.494 e. The molecule has 0 aliphatic rings. The molecule has 0 saturated heterocycles. The monoisotopic (exact) mass is 226 g/mol. The molecule has 0 radical (unpaired) electrons. The third kappa shape index (κ3) is 2.73. The van der Waals surface area contributed by atoms with Gasteiger partial charge in [-0.25, -0.2) is 4.39 Å². The quantitative estimate of drug-likeness (QED) is 0.854. The molecule has 1 atom stereocenters. The van der Waals surface area contributed by atoms with Crippen molar-refractivity contribution in [3.63, 3.8) is 0 Å². The van der Waals surface area contributed by atoms with Gasteiger partial charge in [0.1, 0.15) is 0 Å². The standard InChI is InChI=1S/C13H19FO2/c1-9(2)8-13(3,15)10-6-5-7-11(16-4)12(10)14/h5-7,9,15H,8H2,1-4H3. The van der Waals surface area contributed by atoms with Crippen LogP contribution in [0.2, 0.25) is 0 Å². The highest BCUT2D eigenvalue weighted by molar-refractivity contribution is 5.34. The average Bonchev–Trinajstić information content (AvgIpc) is 2.15. The van der Waals surface area contributed by atoms with Crippen LogP contribution in [-0.2, 0) is 5.60 Å². The maximum atomic E-state index is 13.9. The zero-order chi connectivity index (χ0) is 12.3. The third-order valence-corrected chi connectivity index (χ3v) is 2.57. The lowest BCUT2D eigenvalue weighted by Gasteiger charge is -2.26. The van der Waals surface area contributed by atoms with Crippen molar-refractivity contribution in [1.82, 2.24) is 0 Å². The summed E-state index contributed by atoms with van der Waals surface area (Å²) in [6.07, 6.45) is 0.511. The Morgan fingerprint density at radius 1 is 1.44 bits per heavy atom. The molecule has 0 spiro atoms. The fourth-order valence-corrected chi connectivity index (χ4v) is 1.99. The summed E-state index contributed by atoms with van der Waals surface area (Å²) in [5.41, 5.74) is -0.868. The van der Waals surface area contributed by atoms with Crippen LogP contribution in [0.15, 0.2) is 18.2 Å². The van der Waals surface area contributed by atoms with Crippen LogP contribution < -0.4 is 4.74 Å². The Hall–Kier alpha value is -1.09. The highest BCUT2D eigenvalue weighted by Gasteiger charge is 2.28. The third-order valence-electron chi connectivity index (χ3n) is 2.57. The van der Waals surface area contributed by atoms with Crippen molar-refractivity contribution in [1.29, 1.82) is 0 Å². The molecule has 0 bridgehead atoms. The van der Waals surface area contributed by atoms with Gasteiger partial charge >= 0.3 is 0 Å². The van der Waals surface area contributed by atoms with Gasteiger partial charge in [0.2, 0.25) is 0 Å². The number of hydrogen-bond acceptors (Lipinski definition) is 2. The predicted octanol–water partition coefficient (Wildman–Crippen LogP) is 3.09. The summed E-state index contributed by atoms with van der Waals surface area (Å²) in [5, 5.41) is 10.3. The molecule has 0 fully saturated rings. The van der Waals surface area contributed by atoms with Crippen LogP contribution in [0.1, 0.15) is 32.8 Å². The van der Waals surface area contributed by atoms with Gasteiger partial charge in [-0.3, -0.25) is 0 Å². The van der Waals surface area contributed by atoms with E-state index in [4.69, 9.17) is 4.74 Å². The number of ether oxygens (including phenoxy) is 1. The van der Waals surface area contributed by atoms with Gasteiger partial charge in [-0.15, -0.1) is 0 Å². The zero-order valence-corrected chi connectivity index (χ0v) is 10.2.